The number of likely N-dealkylation sites (tertiary alicyclic amines) is 1. The quantitative estimate of drug-likeness (QED) is 0.296. The molecule has 3 aromatic carbocycles. The Kier molecular flexibility index (Phi) is 7.95. The molecule has 3 aromatic rings. The zero-order valence-corrected chi connectivity index (χ0v) is 21.4. The summed E-state index contributed by atoms with van der Waals surface area (Å²) in [5, 5.41) is 7.77. The molecular formula is C27H22BrClF3N3O. The standard InChI is InChI=1S/C27H22BrClF3N3O/c28-20-7-2-1-6-19(20)24-10-5-15-35(24)26(36)18-13-11-17(12-14-18)23(16-25(33)27(30,31)32)34-22-9-4-3-8-21(22)29/h1-4,6-9,11-14,24,33H,5,10,15-16H2. The Morgan fingerprint density at radius 2 is 1.67 bits per heavy atom. The van der Waals surface area contributed by atoms with Gasteiger partial charge in [-0.05, 0) is 54.3 Å². The third kappa shape index (κ3) is 5.87. The first-order valence-corrected chi connectivity index (χ1v) is 12.4. The summed E-state index contributed by atoms with van der Waals surface area (Å²) in [6.07, 6.45) is -3.77. The number of nitrogens with one attached hydrogen (secondary N) is 1. The van der Waals surface area contributed by atoms with E-state index < -0.39 is 18.3 Å². The van der Waals surface area contributed by atoms with Gasteiger partial charge in [-0.25, -0.2) is 0 Å². The van der Waals surface area contributed by atoms with Crippen molar-refractivity contribution >= 4 is 50.5 Å². The predicted octanol–water partition coefficient (Wildman–Crippen LogP) is 8.17. The van der Waals surface area contributed by atoms with Crippen LogP contribution in [-0.2, 0) is 0 Å². The third-order valence-corrected chi connectivity index (χ3v) is 7.08. The van der Waals surface area contributed by atoms with Crippen LogP contribution in [0.25, 0.3) is 0 Å². The van der Waals surface area contributed by atoms with Gasteiger partial charge in [0.2, 0.25) is 0 Å². The first-order valence-electron chi connectivity index (χ1n) is 11.3. The number of para-hydroxylation sites is 1. The van der Waals surface area contributed by atoms with Gasteiger partial charge in [0, 0.05) is 23.0 Å². The smallest absolute Gasteiger partial charge is 0.332 e. The fraction of sp³-hybridized carbons (Fsp3) is 0.222. The molecule has 1 fully saturated rings. The monoisotopic (exact) mass is 575 g/mol. The van der Waals surface area contributed by atoms with Crippen LogP contribution in [0.5, 0.6) is 0 Å². The molecule has 186 valence electrons. The Labute approximate surface area is 220 Å². The molecule has 1 heterocycles. The fourth-order valence-corrected chi connectivity index (χ4v) is 4.94. The van der Waals surface area contributed by atoms with Gasteiger partial charge in [-0.1, -0.05) is 70.0 Å². The number of halogens is 5. The minimum atomic E-state index is -4.77. The molecule has 1 aliphatic rings. The molecule has 1 N–H and O–H groups in total. The molecular weight excluding hydrogens is 555 g/mol. The molecule has 0 aliphatic carbocycles. The maximum absolute atomic E-state index is 13.3. The Bertz CT molecular complexity index is 1310. The van der Waals surface area contributed by atoms with Crippen molar-refractivity contribution in [3.63, 3.8) is 0 Å². The predicted molar refractivity (Wildman–Crippen MR) is 140 cm³/mol. The van der Waals surface area contributed by atoms with E-state index in [1.54, 1.807) is 48.5 Å². The molecule has 1 amide bonds. The Hall–Kier alpha value is -2.97. The van der Waals surface area contributed by atoms with Crippen LogP contribution in [0.3, 0.4) is 0 Å². The van der Waals surface area contributed by atoms with Crippen LogP contribution >= 0.6 is 27.5 Å². The Morgan fingerprint density at radius 3 is 2.33 bits per heavy atom. The van der Waals surface area contributed by atoms with Crippen LogP contribution in [0.2, 0.25) is 5.02 Å². The van der Waals surface area contributed by atoms with Crippen LogP contribution in [0, 0.1) is 5.41 Å². The summed E-state index contributed by atoms with van der Waals surface area (Å²) >= 11 is 9.73. The van der Waals surface area contributed by atoms with Gasteiger partial charge in [0.05, 0.1) is 22.5 Å². The minimum Gasteiger partial charge on any atom is -0.332 e. The van der Waals surface area contributed by atoms with Gasteiger partial charge in [-0.3, -0.25) is 9.79 Å². The molecule has 1 aliphatic heterocycles. The molecule has 9 heteroatoms. The number of aliphatic imine (C=N–C) groups is 1. The number of nitrogens with zero attached hydrogens (tertiary/aromatic N) is 2. The molecule has 4 rings (SSSR count). The number of carbonyl (C=O) groups is 1. The number of alkyl halides is 3. The summed E-state index contributed by atoms with van der Waals surface area (Å²) in [6.45, 7) is 0.620. The van der Waals surface area contributed by atoms with Gasteiger partial charge in [0.1, 0.15) is 5.71 Å². The number of hydrogen-bond acceptors (Lipinski definition) is 3. The Balaban J connectivity index is 1.62. The summed E-state index contributed by atoms with van der Waals surface area (Å²) < 4.78 is 40.3. The minimum absolute atomic E-state index is 0.0386. The van der Waals surface area contributed by atoms with Gasteiger partial charge < -0.3 is 10.3 Å². The van der Waals surface area contributed by atoms with E-state index in [0.29, 0.717) is 23.4 Å². The summed E-state index contributed by atoms with van der Waals surface area (Å²) in [5.41, 5.74) is 0.779. The van der Waals surface area contributed by atoms with E-state index in [-0.39, 0.29) is 22.7 Å². The highest BCUT2D eigenvalue weighted by Crippen LogP contribution is 2.37. The van der Waals surface area contributed by atoms with Crippen molar-refractivity contribution in [3.05, 3.63) is 99.0 Å². The second kappa shape index (κ2) is 11.0. The third-order valence-electron chi connectivity index (χ3n) is 6.04. The van der Waals surface area contributed by atoms with Crippen LogP contribution in [-0.4, -0.2) is 35.0 Å². The summed E-state index contributed by atoms with van der Waals surface area (Å²) in [7, 11) is 0. The molecule has 0 spiro atoms. The van der Waals surface area contributed by atoms with Crippen LogP contribution in [0.4, 0.5) is 18.9 Å². The van der Waals surface area contributed by atoms with Gasteiger partial charge >= 0.3 is 6.18 Å². The van der Waals surface area contributed by atoms with Crippen LogP contribution in [0.15, 0.2) is 82.3 Å². The molecule has 0 radical (unpaired) electrons. The lowest BCUT2D eigenvalue weighted by atomic mass is 10.0. The largest absolute Gasteiger partial charge is 0.429 e. The van der Waals surface area contributed by atoms with Crippen LogP contribution < -0.4 is 0 Å². The van der Waals surface area contributed by atoms with Crippen molar-refractivity contribution in [1.82, 2.24) is 4.90 Å². The highest BCUT2D eigenvalue weighted by molar-refractivity contribution is 9.10. The number of benzene rings is 3. The SMILES string of the molecule is N=C(CC(=Nc1ccccc1Cl)c1ccc(C(=O)N2CCCC2c2ccccc2Br)cc1)C(F)(F)F. The topological polar surface area (TPSA) is 56.5 Å². The van der Waals surface area contributed by atoms with Gasteiger partial charge in [-0.15, -0.1) is 0 Å². The molecule has 1 saturated heterocycles. The van der Waals surface area contributed by atoms with Crippen molar-refractivity contribution in [2.24, 2.45) is 4.99 Å². The van der Waals surface area contributed by atoms with Crippen molar-refractivity contribution in [2.45, 2.75) is 31.5 Å². The molecule has 0 aromatic heterocycles. The zero-order chi connectivity index (χ0) is 25.9. The molecule has 36 heavy (non-hydrogen) atoms. The van der Waals surface area contributed by atoms with E-state index in [4.69, 9.17) is 17.0 Å². The lowest BCUT2D eigenvalue weighted by Gasteiger charge is -2.26. The highest BCUT2D eigenvalue weighted by Gasteiger charge is 2.35. The lowest BCUT2D eigenvalue weighted by molar-refractivity contribution is -0.0605. The summed E-state index contributed by atoms with van der Waals surface area (Å²) in [5.74, 6) is -0.146. The maximum Gasteiger partial charge on any atom is 0.429 e. The van der Waals surface area contributed by atoms with Gasteiger partial charge in [0.25, 0.3) is 5.91 Å². The molecule has 4 nitrogen and oxygen atoms in total. The number of amides is 1. The van der Waals surface area contributed by atoms with E-state index in [9.17, 15) is 18.0 Å². The fourth-order valence-electron chi connectivity index (χ4n) is 4.21. The van der Waals surface area contributed by atoms with Crippen molar-refractivity contribution in [3.8, 4) is 0 Å². The van der Waals surface area contributed by atoms with E-state index >= 15 is 0 Å². The van der Waals surface area contributed by atoms with Crippen molar-refractivity contribution < 1.29 is 18.0 Å². The van der Waals surface area contributed by atoms with E-state index in [0.717, 1.165) is 22.9 Å². The molecule has 0 bridgehead atoms. The zero-order valence-electron chi connectivity index (χ0n) is 19.0. The lowest BCUT2D eigenvalue weighted by Crippen LogP contribution is -2.30. The first-order chi connectivity index (χ1) is 17.1. The average Bonchev–Trinajstić information content (AvgIpc) is 3.34. The number of carbonyl (C=O) groups excluding carboxylic acids is 1. The molecule has 1 unspecified atom stereocenters. The van der Waals surface area contributed by atoms with Crippen molar-refractivity contribution in [1.29, 1.82) is 5.41 Å². The second-order valence-corrected chi connectivity index (χ2v) is 9.68. The summed E-state index contributed by atoms with van der Waals surface area (Å²) in [6, 6.07) is 20.6. The average molecular weight is 577 g/mol. The van der Waals surface area contributed by atoms with E-state index in [2.05, 4.69) is 20.9 Å². The maximum atomic E-state index is 13.3. The molecule has 0 saturated carbocycles. The normalized spacial score (nSPS) is 16.3. The van der Waals surface area contributed by atoms with Gasteiger partial charge in [0.15, 0.2) is 0 Å². The Morgan fingerprint density at radius 1 is 1.03 bits per heavy atom. The molecule has 1 atom stereocenters. The highest BCUT2D eigenvalue weighted by atomic mass is 79.9. The summed E-state index contributed by atoms with van der Waals surface area (Å²) in [4.78, 5) is 19.5. The number of rotatable bonds is 6. The van der Waals surface area contributed by atoms with E-state index in [1.807, 2.05) is 29.2 Å². The van der Waals surface area contributed by atoms with Crippen LogP contribution in [0.1, 0.15) is 46.8 Å². The van der Waals surface area contributed by atoms with Gasteiger partial charge in [-0.2, -0.15) is 13.2 Å². The van der Waals surface area contributed by atoms with Crippen molar-refractivity contribution in [2.75, 3.05) is 6.54 Å². The second-order valence-electron chi connectivity index (χ2n) is 8.42. The first kappa shape index (κ1) is 26.1. The number of hydrogen-bond donors (Lipinski definition) is 1. The van der Waals surface area contributed by atoms with E-state index in [1.165, 1.54) is 0 Å².